The van der Waals surface area contributed by atoms with Gasteiger partial charge in [-0.05, 0) is 6.92 Å². The molecule has 1 unspecified atom stereocenters. The summed E-state index contributed by atoms with van der Waals surface area (Å²) in [4.78, 5) is 11.0. The molecule has 18 heavy (non-hydrogen) atoms. The molecule has 0 bridgehead atoms. The average Bonchev–Trinajstić information content (AvgIpc) is 2.27. The van der Waals surface area contributed by atoms with Crippen LogP contribution in [-0.2, 0) is 23.9 Å². The predicted molar refractivity (Wildman–Crippen MR) is 66.0 cm³/mol. The highest BCUT2D eigenvalue weighted by Crippen LogP contribution is 2.33. The van der Waals surface area contributed by atoms with Gasteiger partial charge in [0.25, 0.3) is 0 Å². The smallest absolute Gasteiger partial charge is 0.386 e. The van der Waals surface area contributed by atoms with E-state index < -0.39 is 25.3 Å². The second-order valence-corrected chi connectivity index (χ2v) is 6.50. The van der Waals surface area contributed by atoms with Crippen molar-refractivity contribution in [2.75, 3.05) is 6.61 Å². The van der Waals surface area contributed by atoms with Crippen LogP contribution in [0.3, 0.4) is 0 Å². The maximum atomic E-state index is 13.4. The van der Waals surface area contributed by atoms with Gasteiger partial charge in [0.15, 0.2) is 0 Å². The van der Waals surface area contributed by atoms with E-state index in [1.54, 1.807) is 0 Å². The highest BCUT2D eigenvalue weighted by molar-refractivity contribution is 14.1. The highest BCUT2D eigenvalue weighted by atomic mass is 127. The second kappa shape index (κ2) is 6.73. The van der Waals surface area contributed by atoms with E-state index in [-0.39, 0.29) is 18.6 Å². The quantitative estimate of drug-likeness (QED) is 0.219. The van der Waals surface area contributed by atoms with Gasteiger partial charge in [-0.15, -0.1) is 0 Å². The van der Waals surface area contributed by atoms with Crippen LogP contribution in [0, 0.1) is 0 Å². The molecule has 10 heteroatoms. The largest absolute Gasteiger partial charge is 0.462 e. The predicted octanol–water partition coefficient (Wildman–Crippen LogP) is 0.396. The first-order chi connectivity index (χ1) is 8.06. The van der Waals surface area contributed by atoms with E-state index in [1.165, 1.54) is 29.5 Å². The Labute approximate surface area is 117 Å². The van der Waals surface area contributed by atoms with E-state index in [0.29, 0.717) is 0 Å². The van der Waals surface area contributed by atoms with Gasteiger partial charge in [0, 0.05) is 12.0 Å². The Kier molecular flexibility index (Phi) is 6.60. The number of quaternary nitrogens is 1. The van der Waals surface area contributed by atoms with E-state index in [0.717, 1.165) is 0 Å². The summed E-state index contributed by atoms with van der Waals surface area (Å²) in [5.74, 6) is 1.75. The van der Waals surface area contributed by atoms with Crippen molar-refractivity contribution in [2.24, 2.45) is 0 Å². The summed E-state index contributed by atoms with van der Waals surface area (Å²) < 4.78 is 55.0. The second-order valence-electron chi connectivity index (χ2n) is 3.31. The molecule has 6 nitrogen and oxygen atoms in total. The molecular weight excluding hydrogens is 387 g/mol. The van der Waals surface area contributed by atoms with E-state index in [2.05, 4.69) is 21.5 Å². The number of carbonyl (C=O) groups excluding carboxylic acids is 1. The standard InChI is InChI=1S/C8H13F2INO5S/c1-5(2)7(13)16-4-3-6(11)8(9,10)18(14,15)17-12/h6H,1,3-4H2,2,12H3/q+1. The zero-order chi connectivity index (χ0) is 14.6. The lowest BCUT2D eigenvalue weighted by Gasteiger charge is -2.19. The molecule has 3 N–H and O–H groups in total. The lowest BCUT2D eigenvalue weighted by atomic mass is 10.3. The number of ether oxygens (including phenoxy) is 1. The molecule has 0 saturated carbocycles. The summed E-state index contributed by atoms with van der Waals surface area (Å²) in [5.41, 5.74) is 0.125. The first-order valence-electron chi connectivity index (χ1n) is 4.59. The zero-order valence-electron chi connectivity index (χ0n) is 9.49. The number of hydrogen-bond donors (Lipinski definition) is 1. The van der Waals surface area contributed by atoms with Crippen LogP contribution < -0.4 is 5.90 Å². The van der Waals surface area contributed by atoms with Crippen LogP contribution in [0.5, 0.6) is 0 Å². The molecule has 0 amide bonds. The molecule has 0 aliphatic carbocycles. The number of carbonyl (C=O) groups is 1. The Balaban J connectivity index is 4.47. The van der Waals surface area contributed by atoms with Crippen LogP contribution in [0.2, 0.25) is 0 Å². The fourth-order valence-electron chi connectivity index (χ4n) is 0.782. The highest BCUT2D eigenvalue weighted by Gasteiger charge is 2.53. The van der Waals surface area contributed by atoms with Gasteiger partial charge in [-0.2, -0.15) is 23.1 Å². The van der Waals surface area contributed by atoms with Gasteiger partial charge in [-0.3, -0.25) is 0 Å². The first kappa shape index (κ1) is 17.7. The zero-order valence-corrected chi connectivity index (χ0v) is 12.5. The number of alkyl halides is 3. The van der Waals surface area contributed by atoms with Crippen LogP contribution in [0.1, 0.15) is 13.3 Å². The molecule has 0 saturated heterocycles. The Morgan fingerprint density at radius 1 is 1.56 bits per heavy atom. The third kappa shape index (κ3) is 4.40. The van der Waals surface area contributed by atoms with Gasteiger partial charge in [0.05, 0.1) is 10.5 Å². The normalized spacial score (nSPS) is 14.1. The Morgan fingerprint density at radius 2 is 2.06 bits per heavy atom. The minimum atomic E-state index is -5.07. The van der Waals surface area contributed by atoms with Crippen LogP contribution >= 0.6 is 22.6 Å². The summed E-state index contributed by atoms with van der Waals surface area (Å²) in [7, 11) is -5.07. The first-order valence-corrected chi connectivity index (χ1v) is 7.24. The van der Waals surface area contributed by atoms with Gasteiger partial charge >= 0.3 is 21.3 Å². The molecule has 0 rings (SSSR count). The lowest BCUT2D eigenvalue weighted by molar-refractivity contribution is -0.636. The molecule has 0 fully saturated rings. The van der Waals surface area contributed by atoms with E-state index in [9.17, 15) is 22.0 Å². The van der Waals surface area contributed by atoms with Crippen molar-refractivity contribution in [3.05, 3.63) is 12.2 Å². The SMILES string of the molecule is C=C(C)C(=O)OCCC(I)C(F)(F)S(=O)(=O)O[NH3+]. The van der Waals surface area contributed by atoms with E-state index in [1.807, 2.05) is 0 Å². The minimum absolute atomic E-state index is 0.125. The van der Waals surface area contributed by atoms with Gasteiger partial charge in [0.1, 0.15) is 0 Å². The van der Waals surface area contributed by atoms with Crippen molar-refractivity contribution >= 4 is 38.7 Å². The van der Waals surface area contributed by atoms with Crippen molar-refractivity contribution in [2.45, 2.75) is 22.5 Å². The molecule has 106 valence electrons. The molecule has 0 aromatic heterocycles. The van der Waals surface area contributed by atoms with Gasteiger partial charge in [-0.25, -0.2) is 4.79 Å². The summed E-state index contributed by atoms with van der Waals surface area (Å²) in [5, 5.41) is -4.11. The fourth-order valence-corrected chi connectivity index (χ4v) is 2.56. The molecular formula is C8H13F2INO5S+. The molecule has 0 heterocycles. The van der Waals surface area contributed by atoms with E-state index in [4.69, 9.17) is 0 Å². The van der Waals surface area contributed by atoms with E-state index >= 15 is 0 Å². The fraction of sp³-hybridized carbons (Fsp3) is 0.625. The average molecular weight is 400 g/mol. The number of halogens is 3. The van der Waals surface area contributed by atoms with Gasteiger partial charge in [0.2, 0.25) is 0 Å². The maximum absolute atomic E-state index is 13.4. The molecule has 0 aromatic carbocycles. The molecule has 1 atom stereocenters. The van der Waals surface area contributed by atoms with Gasteiger partial charge < -0.3 is 4.74 Å². The third-order valence-corrected chi connectivity index (χ3v) is 4.90. The minimum Gasteiger partial charge on any atom is -0.462 e. The topological polar surface area (TPSA) is 97.3 Å². The number of rotatable bonds is 7. The summed E-state index contributed by atoms with van der Waals surface area (Å²) in [6, 6.07) is 0. The van der Waals surface area contributed by atoms with Crippen LogP contribution in [0.4, 0.5) is 8.78 Å². The molecule has 0 radical (unpaired) electrons. The molecule has 0 aromatic rings. The monoisotopic (exact) mass is 400 g/mol. The third-order valence-electron chi connectivity index (χ3n) is 1.81. The van der Waals surface area contributed by atoms with Crippen molar-refractivity contribution in [1.29, 1.82) is 0 Å². The summed E-state index contributed by atoms with van der Waals surface area (Å²) in [6.45, 7) is 4.36. The van der Waals surface area contributed by atoms with Crippen LogP contribution in [0.25, 0.3) is 0 Å². The van der Waals surface area contributed by atoms with Crippen molar-refractivity contribution in [3.8, 4) is 0 Å². The summed E-state index contributed by atoms with van der Waals surface area (Å²) in [6.07, 6.45) is -0.352. The Morgan fingerprint density at radius 3 is 2.44 bits per heavy atom. The number of esters is 1. The molecule has 0 spiro atoms. The van der Waals surface area contributed by atoms with Crippen molar-refractivity contribution in [3.63, 3.8) is 0 Å². The van der Waals surface area contributed by atoms with Crippen LogP contribution in [-0.4, -0.2) is 30.2 Å². The van der Waals surface area contributed by atoms with Crippen LogP contribution in [0.15, 0.2) is 12.2 Å². The summed E-state index contributed by atoms with van der Waals surface area (Å²) >= 11 is 1.25. The Bertz CT molecular complexity index is 425. The van der Waals surface area contributed by atoms with Crippen molar-refractivity contribution in [1.82, 2.24) is 0 Å². The number of hydrogen-bond acceptors (Lipinski definition) is 5. The van der Waals surface area contributed by atoms with Crippen molar-refractivity contribution < 1.29 is 36.9 Å². The molecule has 0 aliphatic rings. The van der Waals surface area contributed by atoms with Gasteiger partial charge in [-0.1, -0.05) is 33.5 Å². The molecule has 0 aliphatic heterocycles. The maximum Gasteiger partial charge on any atom is 0.386 e. The Hall–Kier alpha value is -0.330. The lowest BCUT2D eigenvalue weighted by Crippen LogP contribution is -2.56.